The van der Waals surface area contributed by atoms with Gasteiger partial charge in [-0.2, -0.15) is 0 Å². The lowest BCUT2D eigenvalue weighted by Gasteiger charge is -2.23. The molecule has 1 atom stereocenters. The molecule has 0 spiro atoms. The maximum absolute atomic E-state index is 11.2. The van der Waals surface area contributed by atoms with Crippen molar-refractivity contribution in [2.45, 2.75) is 18.9 Å². The van der Waals surface area contributed by atoms with Gasteiger partial charge < -0.3 is 10.6 Å². The highest BCUT2D eigenvalue weighted by molar-refractivity contribution is 8.01. The molecule has 14 heavy (non-hydrogen) atoms. The summed E-state index contributed by atoms with van der Waals surface area (Å²) in [5.74, 6) is 0.0167. The zero-order chi connectivity index (χ0) is 9.52. The molecule has 0 aromatic heterocycles. The van der Waals surface area contributed by atoms with Crippen molar-refractivity contribution in [2.75, 3.05) is 19.3 Å². The zero-order valence-electron chi connectivity index (χ0n) is 8.29. The van der Waals surface area contributed by atoms with E-state index in [-0.39, 0.29) is 18.3 Å². The Balaban J connectivity index is 0.00000169. The minimum absolute atomic E-state index is 0. The van der Waals surface area contributed by atoms with E-state index in [0.29, 0.717) is 6.04 Å². The van der Waals surface area contributed by atoms with E-state index in [1.807, 2.05) is 6.26 Å². The van der Waals surface area contributed by atoms with E-state index in [9.17, 15) is 4.79 Å². The number of nitrogens with one attached hydrogen (secondary N) is 2. The lowest BCUT2D eigenvalue weighted by Crippen LogP contribution is -2.45. The van der Waals surface area contributed by atoms with Gasteiger partial charge in [-0.25, -0.2) is 0 Å². The van der Waals surface area contributed by atoms with Crippen LogP contribution in [0.25, 0.3) is 0 Å². The SMILES string of the molecule is CS/C=C/C(=O)N[C@@H]1CCCNC1.Cl. The molecule has 0 unspecified atom stereocenters. The molecule has 0 aromatic carbocycles. The topological polar surface area (TPSA) is 41.1 Å². The van der Waals surface area contributed by atoms with Gasteiger partial charge in [0, 0.05) is 18.7 Å². The van der Waals surface area contributed by atoms with Crippen LogP contribution < -0.4 is 10.6 Å². The number of hydrogen-bond donors (Lipinski definition) is 2. The second-order valence-corrected chi connectivity index (χ2v) is 3.83. The maximum Gasteiger partial charge on any atom is 0.244 e. The van der Waals surface area contributed by atoms with Crippen LogP contribution in [0.5, 0.6) is 0 Å². The maximum atomic E-state index is 11.2. The molecule has 1 amide bonds. The van der Waals surface area contributed by atoms with Crippen molar-refractivity contribution in [3.8, 4) is 0 Å². The molecule has 1 rings (SSSR count). The Morgan fingerprint density at radius 3 is 3.00 bits per heavy atom. The monoisotopic (exact) mass is 236 g/mol. The van der Waals surface area contributed by atoms with Gasteiger partial charge in [-0.15, -0.1) is 24.2 Å². The molecule has 0 aliphatic carbocycles. The third-order valence-electron chi connectivity index (χ3n) is 2.00. The minimum atomic E-state index is 0. The highest BCUT2D eigenvalue weighted by Gasteiger charge is 2.13. The standard InChI is InChI=1S/C9H16N2OS.ClH/c1-13-6-4-9(12)11-8-3-2-5-10-7-8;/h4,6,8,10H,2-3,5,7H2,1H3,(H,11,12);1H/b6-4+;/t8-;/m1./s1. The summed E-state index contributed by atoms with van der Waals surface area (Å²) in [4.78, 5) is 11.2. The number of hydrogen-bond acceptors (Lipinski definition) is 3. The fourth-order valence-electron chi connectivity index (χ4n) is 1.35. The summed E-state index contributed by atoms with van der Waals surface area (Å²) in [6.07, 6.45) is 5.76. The lowest BCUT2D eigenvalue weighted by atomic mass is 10.1. The molecule has 1 fully saturated rings. The fraction of sp³-hybridized carbons (Fsp3) is 0.667. The molecule has 1 aliphatic rings. The summed E-state index contributed by atoms with van der Waals surface area (Å²) >= 11 is 1.53. The molecule has 5 heteroatoms. The molecular formula is C9H17ClN2OS. The van der Waals surface area contributed by atoms with Crippen LogP contribution in [-0.2, 0) is 4.79 Å². The van der Waals surface area contributed by atoms with Crippen LogP contribution >= 0.6 is 24.2 Å². The summed E-state index contributed by atoms with van der Waals surface area (Å²) in [5.41, 5.74) is 0. The van der Waals surface area contributed by atoms with Gasteiger partial charge in [0.05, 0.1) is 0 Å². The molecule has 3 nitrogen and oxygen atoms in total. The molecule has 0 aromatic rings. The Labute approximate surface area is 95.5 Å². The number of piperidine rings is 1. The normalized spacial score (nSPS) is 21.6. The van der Waals surface area contributed by atoms with Gasteiger partial charge in [-0.1, -0.05) is 0 Å². The second-order valence-electron chi connectivity index (χ2n) is 3.09. The number of carbonyl (C=O) groups is 1. The summed E-state index contributed by atoms with van der Waals surface area (Å²) in [5, 5.41) is 8.00. The molecule has 1 saturated heterocycles. The van der Waals surface area contributed by atoms with Crippen LogP contribution in [0.1, 0.15) is 12.8 Å². The molecule has 1 heterocycles. The molecule has 2 N–H and O–H groups in total. The Bertz CT molecular complexity index is 193. The smallest absolute Gasteiger partial charge is 0.244 e. The first kappa shape index (κ1) is 13.8. The average molecular weight is 237 g/mol. The molecule has 0 saturated carbocycles. The first-order valence-corrected chi connectivity index (χ1v) is 5.82. The van der Waals surface area contributed by atoms with E-state index in [0.717, 1.165) is 25.9 Å². The van der Waals surface area contributed by atoms with E-state index in [1.165, 1.54) is 11.8 Å². The predicted octanol–water partition coefficient (Wildman–Crippen LogP) is 1.15. The van der Waals surface area contributed by atoms with Crippen molar-refractivity contribution in [1.29, 1.82) is 0 Å². The van der Waals surface area contributed by atoms with Crippen LogP contribution in [0.2, 0.25) is 0 Å². The second kappa shape index (κ2) is 8.15. The number of thioether (sulfide) groups is 1. The Morgan fingerprint density at radius 1 is 1.64 bits per heavy atom. The van der Waals surface area contributed by atoms with Crippen LogP contribution in [0.15, 0.2) is 11.5 Å². The zero-order valence-corrected chi connectivity index (χ0v) is 9.92. The lowest BCUT2D eigenvalue weighted by molar-refractivity contribution is -0.117. The Morgan fingerprint density at radius 2 is 2.43 bits per heavy atom. The highest BCUT2D eigenvalue weighted by Crippen LogP contribution is 2.01. The van der Waals surface area contributed by atoms with Crippen molar-refractivity contribution in [1.82, 2.24) is 10.6 Å². The summed E-state index contributed by atoms with van der Waals surface area (Å²) < 4.78 is 0. The Kier molecular flexibility index (Phi) is 8.04. The average Bonchev–Trinajstić information content (AvgIpc) is 2.16. The highest BCUT2D eigenvalue weighted by atomic mass is 35.5. The summed E-state index contributed by atoms with van der Waals surface area (Å²) in [7, 11) is 0. The molecule has 1 aliphatic heterocycles. The molecule has 82 valence electrons. The summed E-state index contributed by atoms with van der Waals surface area (Å²) in [6, 6.07) is 0.313. The minimum Gasteiger partial charge on any atom is -0.349 e. The predicted molar refractivity (Wildman–Crippen MR) is 63.9 cm³/mol. The van der Waals surface area contributed by atoms with Gasteiger partial charge in [-0.3, -0.25) is 4.79 Å². The van der Waals surface area contributed by atoms with Gasteiger partial charge in [0.1, 0.15) is 0 Å². The molecule has 0 radical (unpaired) electrons. The van der Waals surface area contributed by atoms with Gasteiger partial charge in [0.15, 0.2) is 0 Å². The van der Waals surface area contributed by atoms with E-state index < -0.39 is 0 Å². The molecular weight excluding hydrogens is 220 g/mol. The van der Waals surface area contributed by atoms with E-state index >= 15 is 0 Å². The van der Waals surface area contributed by atoms with Gasteiger partial charge in [0.25, 0.3) is 0 Å². The van der Waals surface area contributed by atoms with Crippen molar-refractivity contribution in [3.63, 3.8) is 0 Å². The largest absolute Gasteiger partial charge is 0.349 e. The van der Waals surface area contributed by atoms with Gasteiger partial charge in [-0.05, 0) is 31.1 Å². The number of rotatable bonds is 3. The number of amides is 1. The van der Waals surface area contributed by atoms with Crippen molar-refractivity contribution in [3.05, 3.63) is 11.5 Å². The third kappa shape index (κ3) is 5.52. The van der Waals surface area contributed by atoms with Crippen molar-refractivity contribution < 1.29 is 4.79 Å². The van der Waals surface area contributed by atoms with Crippen LogP contribution in [0.4, 0.5) is 0 Å². The van der Waals surface area contributed by atoms with Crippen molar-refractivity contribution >= 4 is 30.1 Å². The van der Waals surface area contributed by atoms with Crippen molar-refractivity contribution in [2.24, 2.45) is 0 Å². The Hall–Kier alpha value is -0.190. The van der Waals surface area contributed by atoms with E-state index in [4.69, 9.17) is 0 Å². The summed E-state index contributed by atoms with van der Waals surface area (Å²) in [6.45, 7) is 1.98. The third-order valence-corrected chi connectivity index (χ3v) is 2.41. The first-order chi connectivity index (χ1) is 6.33. The van der Waals surface area contributed by atoms with Crippen LogP contribution in [0.3, 0.4) is 0 Å². The quantitative estimate of drug-likeness (QED) is 0.723. The van der Waals surface area contributed by atoms with E-state index in [1.54, 1.807) is 11.5 Å². The van der Waals surface area contributed by atoms with Crippen LogP contribution in [-0.4, -0.2) is 31.3 Å². The van der Waals surface area contributed by atoms with E-state index in [2.05, 4.69) is 10.6 Å². The molecule has 0 bridgehead atoms. The number of carbonyl (C=O) groups excluding carboxylic acids is 1. The fourth-order valence-corrected chi connectivity index (χ4v) is 1.61. The number of halogens is 1. The van der Waals surface area contributed by atoms with Gasteiger partial charge in [0.2, 0.25) is 5.91 Å². The van der Waals surface area contributed by atoms with Crippen LogP contribution in [0, 0.1) is 0 Å². The van der Waals surface area contributed by atoms with Gasteiger partial charge >= 0.3 is 0 Å². The first-order valence-electron chi connectivity index (χ1n) is 4.53.